The van der Waals surface area contributed by atoms with Crippen LogP contribution in [0, 0.1) is 11.3 Å². The molecule has 3 N–H and O–H groups in total. The van der Waals surface area contributed by atoms with Crippen LogP contribution in [0.4, 0.5) is 5.69 Å². The fourth-order valence-corrected chi connectivity index (χ4v) is 1.32. The first-order valence-corrected chi connectivity index (χ1v) is 4.72. The summed E-state index contributed by atoms with van der Waals surface area (Å²) in [5.74, 6) is -0.278. The monoisotopic (exact) mass is 223 g/mol. The normalized spacial score (nSPS) is 9.33. The first kappa shape index (κ1) is 11.3. The van der Waals surface area contributed by atoms with Gasteiger partial charge in [-0.2, -0.15) is 5.26 Å². The second-order valence-electron chi connectivity index (χ2n) is 2.94. The molecule has 1 aromatic carbocycles. The molecule has 5 heteroatoms. The van der Waals surface area contributed by atoms with Crippen LogP contribution in [0.2, 0.25) is 5.02 Å². The topological polar surface area (TPSA) is 78.9 Å². The molecular weight excluding hydrogens is 214 g/mol. The second kappa shape index (κ2) is 5.23. The van der Waals surface area contributed by atoms with Gasteiger partial charge in [0, 0.05) is 22.8 Å². The van der Waals surface area contributed by atoms with E-state index in [-0.39, 0.29) is 12.3 Å². The van der Waals surface area contributed by atoms with Crippen molar-refractivity contribution in [3.8, 4) is 6.07 Å². The standard InChI is InChI=1S/C10H10ClN3O/c11-8-4-7(5-9(13)6-8)10(15)14-3-1-2-12/h4-6H,1,3,13H2,(H,14,15). The van der Waals surface area contributed by atoms with Crippen molar-refractivity contribution in [2.75, 3.05) is 12.3 Å². The number of nitrogens with zero attached hydrogens (tertiary/aromatic N) is 1. The molecule has 0 fully saturated rings. The number of hydrogen-bond acceptors (Lipinski definition) is 3. The van der Waals surface area contributed by atoms with E-state index >= 15 is 0 Å². The van der Waals surface area contributed by atoms with Crippen molar-refractivity contribution < 1.29 is 4.79 Å². The van der Waals surface area contributed by atoms with Gasteiger partial charge in [0.2, 0.25) is 0 Å². The van der Waals surface area contributed by atoms with Crippen LogP contribution in [-0.4, -0.2) is 12.5 Å². The Balaban J connectivity index is 2.70. The number of anilines is 1. The van der Waals surface area contributed by atoms with Gasteiger partial charge in [-0.15, -0.1) is 0 Å². The molecular formula is C10H10ClN3O. The molecule has 0 radical (unpaired) electrons. The maximum atomic E-state index is 11.5. The van der Waals surface area contributed by atoms with Crippen molar-refractivity contribution >= 4 is 23.2 Å². The van der Waals surface area contributed by atoms with Gasteiger partial charge in [-0.3, -0.25) is 4.79 Å². The lowest BCUT2D eigenvalue weighted by molar-refractivity contribution is 0.0954. The lowest BCUT2D eigenvalue weighted by Gasteiger charge is -2.04. The molecule has 0 heterocycles. The van der Waals surface area contributed by atoms with Crippen LogP contribution < -0.4 is 11.1 Å². The second-order valence-corrected chi connectivity index (χ2v) is 3.37. The van der Waals surface area contributed by atoms with Crippen LogP contribution in [0.1, 0.15) is 16.8 Å². The van der Waals surface area contributed by atoms with E-state index in [0.29, 0.717) is 22.8 Å². The summed E-state index contributed by atoms with van der Waals surface area (Å²) in [5, 5.41) is 11.3. The molecule has 0 aliphatic rings. The van der Waals surface area contributed by atoms with Gasteiger partial charge in [-0.05, 0) is 18.2 Å². The minimum Gasteiger partial charge on any atom is -0.399 e. The number of nitrogens with two attached hydrogens (primary N) is 1. The summed E-state index contributed by atoms with van der Waals surface area (Å²) in [4.78, 5) is 11.5. The van der Waals surface area contributed by atoms with Gasteiger partial charge in [0.25, 0.3) is 5.91 Å². The average Bonchev–Trinajstić information content (AvgIpc) is 2.16. The molecule has 15 heavy (non-hydrogen) atoms. The molecule has 0 bridgehead atoms. The minimum absolute atomic E-state index is 0.278. The van der Waals surface area contributed by atoms with Gasteiger partial charge in [-0.1, -0.05) is 11.6 Å². The summed E-state index contributed by atoms with van der Waals surface area (Å²) >= 11 is 5.74. The SMILES string of the molecule is N#CCCNC(=O)c1cc(N)cc(Cl)c1. The van der Waals surface area contributed by atoms with Gasteiger partial charge in [0.05, 0.1) is 12.5 Å². The van der Waals surface area contributed by atoms with Crippen LogP contribution in [-0.2, 0) is 0 Å². The van der Waals surface area contributed by atoms with Gasteiger partial charge >= 0.3 is 0 Å². The van der Waals surface area contributed by atoms with E-state index in [2.05, 4.69) is 5.32 Å². The van der Waals surface area contributed by atoms with Crippen molar-refractivity contribution in [3.63, 3.8) is 0 Å². The number of halogens is 1. The van der Waals surface area contributed by atoms with Gasteiger partial charge in [0.1, 0.15) is 0 Å². The van der Waals surface area contributed by atoms with Crippen molar-refractivity contribution in [1.82, 2.24) is 5.32 Å². The van der Waals surface area contributed by atoms with Crippen LogP contribution in [0.5, 0.6) is 0 Å². The molecule has 1 aromatic rings. The van der Waals surface area contributed by atoms with E-state index < -0.39 is 0 Å². The Morgan fingerprint density at radius 3 is 2.87 bits per heavy atom. The van der Waals surface area contributed by atoms with Crippen molar-refractivity contribution in [2.45, 2.75) is 6.42 Å². The Kier molecular flexibility index (Phi) is 3.95. The van der Waals surface area contributed by atoms with E-state index in [1.54, 1.807) is 6.07 Å². The molecule has 0 saturated carbocycles. The highest BCUT2D eigenvalue weighted by molar-refractivity contribution is 6.31. The largest absolute Gasteiger partial charge is 0.399 e. The number of benzene rings is 1. The van der Waals surface area contributed by atoms with Gasteiger partial charge < -0.3 is 11.1 Å². The molecule has 0 saturated heterocycles. The fourth-order valence-electron chi connectivity index (χ4n) is 1.08. The first-order valence-electron chi connectivity index (χ1n) is 4.34. The predicted octanol–water partition coefficient (Wildman–Crippen LogP) is 1.57. The number of carbonyl (C=O) groups is 1. The molecule has 0 aliphatic carbocycles. The highest BCUT2D eigenvalue weighted by atomic mass is 35.5. The van der Waals surface area contributed by atoms with E-state index in [1.165, 1.54) is 12.1 Å². The van der Waals surface area contributed by atoms with Crippen molar-refractivity contribution in [2.24, 2.45) is 0 Å². The highest BCUT2D eigenvalue weighted by Gasteiger charge is 2.06. The number of hydrogen-bond donors (Lipinski definition) is 2. The van der Waals surface area contributed by atoms with Crippen LogP contribution in [0.15, 0.2) is 18.2 Å². The number of nitrogens with one attached hydrogen (secondary N) is 1. The third kappa shape index (κ3) is 3.49. The minimum atomic E-state index is -0.278. The lowest BCUT2D eigenvalue weighted by Crippen LogP contribution is -2.24. The molecule has 0 aromatic heterocycles. The summed E-state index contributed by atoms with van der Waals surface area (Å²) in [7, 11) is 0. The summed E-state index contributed by atoms with van der Waals surface area (Å²) in [6, 6.07) is 6.56. The maximum Gasteiger partial charge on any atom is 0.251 e. The summed E-state index contributed by atoms with van der Waals surface area (Å²) in [6.45, 7) is 0.321. The number of nitriles is 1. The van der Waals surface area contributed by atoms with Crippen molar-refractivity contribution in [3.05, 3.63) is 28.8 Å². The molecule has 4 nitrogen and oxygen atoms in total. The zero-order chi connectivity index (χ0) is 11.3. The Labute approximate surface area is 92.6 Å². The highest BCUT2D eigenvalue weighted by Crippen LogP contribution is 2.16. The van der Waals surface area contributed by atoms with E-state index in [1.807, 2.05) is 6.07 Å². The Bertz CT molecular complexity index is 391. The Hall–Kier alpha value is -1.73. The number of carbonyl (C=O) groups excluding carboxylic acids is 1. The van der Waals surface area contributed by atoms with E-state index in [0.717, 1.165) is 0 Å². The van der Waals surface area contributed by atoms with Crippen LogP contribution in [0.3, 0.4) is 0 Å². The predicted molar refractivity (Wildman–Crippen MR) is 58.4 cm³/mol. The molecule has 0 spiro atoms. The smallest absolute Gasteiger partial charge is 0.251 e. The van der Waals surface area contributed by atoms with Gasteiger partial charge in [0.15, 0.2) is 0 Å². The van der Waals surface area contributed by atoms with E-state index in [9.17, 15) is 4.79 Å². The van der Waals surface area contributed by atoms with Crippen LogP contribution in [0.25, 0.3) is 0 Å². The van der Waals surface area contributed by atoms with Crippen LogP contribution >= 0.6 is 11.6 Å². The number of nitrogen functional groups attached to an aromatic ring is 1. The molecule has 0 unspecified atom stereocenters. The molecule has 1 amide bonds. The summed E-state index contributed by atoms with van der Waals surface area (Å²) < 4.78 is 0. The zero-order valence-corrected chi connectivity index (χ0v) is 8.71. The zero-order valence-electron chi connectivity index (χ0n) is 7.96. The average molecular weight is 224 g/mol. The quantitative estimate of drug-likeness (QED) is 0.603. The summed E-state index contributed by atoms with van der Waals surface area (Å²) in [5.41, 5.74) is 6.37. The number of rotatable bonds is 3. The molecule has 1 rings (SSSR count). The number of amides is 1. The maximum absolute atomic E-state index is 11.5. The van der Waals surface area contributed by atoms with Crippen molar-refractivity contribution in [1.29, 1.82) is 5.26 Å². The Morgan fingerprint density at radius 2 is 2.27 bits per heavy atom. The third-order valence-corrected chi connectivity index (χ3v) is 1.92. The third-order valence-electron chi connectivity index (χ3n) is 1.70. The lowest BCUT2D eigenvalue weighted by atomic mass is 10.2. The Morgan fingerprint density at radius 1 is 1.53 bits per heavy atom. The first-order chi connectivity index (χ1) is 7.13. The van der Waals surface area contributed by atoms with E-state index in [4.69, 9.17) is 22.6 Å². The molecule has 0 atom stereocenters. The summed E-state index contributed by atoms with van der Waals surface area (Å²) in [6.07, 6.45) is 0.280. The molecule has 78 valence electrons. The van der Waals surface area contributed by atoms with Gasteiger partial charge in [-0.25, -0.2) is 0 Å². The fraction of sp³-hybridized carbons (Fsp3) is 0.200. The molecule has 0 aliphatic heterocycles.